The van der Waals surface area contributed by atoms with Crippen LogP contribution in [0.25, 0.3) is 0 Å². The predicted molar refractivity (Wildman–Crippen MR) is 68.0 cm³/mol. The second-order valence-electron chi connectivity index (χ2n) is 3.84. The molecule has 2 rings (SSSR count). The first-order valence-electron chi connectivity index (χ1n) is 5.21. The van der Waals surface area contributed by atoms with Crippen molar-refractivity contribution in [2.24, 2.45) is 0 Å². The Balaban J connectivity index is 2.00. The van der Waals surface area contributed by atoms with Gasteiger partial charge >= 0.3 is 0 Å². The van der Waals surface area contributed by atoms with E-state index in [0.717, 1.165) is 20.9 Å². The van der Waals surface area contributed by atoms with Gasteiger partial charge in [-0.25, -0.2) is 0 Å². The minimum atomic E-state index is -0.0770. The van der Waals surface area contributed by atoms with Crippen LogP contribution >= 0.6 is 11.3 Å². The van der Waals surface area contributed by atoms with Crippen molar-refractivity contribution in [1.29, 1.82) is 0 Å². The maximum atomic E-state index is 11.8. The molecule has 0 spiro atoms. The lowest BCUT2D eigenvalue weighted by molar-refractivity contribution is 0.0955. The molecule has 1 amide bonds. The first-order valence-corrected chi connectivity index (χ1v) is 6.02. The first kappa shape index (κ1) is 11.7. The molecule has 17 heavy (non-hydrogen) atoms. The molecule has 0 aromatic carbocycles. The summed E-state index contributed by atoms with van der Waals surface area (Å²) in [4.78, 5) is 13.7. The van der Waals surface area contributed by atoms with Crippen LogP contribution in [0, 0.1) is 13.8 Å². The van der Waals surface area contributed by atoms with Crippen LogP contribution < -0.4 is 11.1 Å². The van der Waals surface area contributed by atoms with Gasteiger partial charge in [0.2, 0.25) is 0 Å². The molecule has 0 radical (unpaired) electrons. The molecule has 0 aliphatic carbocycles. The summed E-state index contributed by atoms with van der Waals surface area (Å²) in [5, 5.41) is 9.23. The smallest absolute Gasteiger partial charge is 0.261 e. The van der Waals surface area contributed by atoms with Gasteiger partial charge in [0.15, 0.2) is 0 Å². The van der Waals surface area contributed by atoms with Crippen molar-refractivity contribution in [2.45, 2.75) is 20.4 Å². The van der Waals surface area contributed by atoms with E-state index in [1.54, 1.807) is 6.20 Å². The summed E-state index contributed by atoms with van der Waals surface area (Å²) in [6.07, 6.45) is 1.61. The molecule has 2 heterocycles. The fraction of sp³-hybridized carbons (Fsp3) is 0.273. The van der Waals surface area contributed by atoms with Crippen molar-refractivity contribution in [3.8, 4) is 0 Å². The van der Waals surface area contributed by atoms with E-state index in [4.69, 9.17) is 5.73 Å². The van der Waals surface area contributed by atoms with Gasteiger partial charge < -0.3 is 11.1 Å². The molecule has 0 aliphatic heterocycles. The quantitative estimate of drug-likeness (QED) is 0.773. The topological polar surface area (TPSA) is 83.8 Å². The van der Waals surface area contributed by atoms with Crippen LogP contribution in [0.15, 0.2) is 12.3 Å². The third-order valence-electron chi connectivity index (χ3n) is 2.58. The number of hydrogen-bond acceptors (Lipinski definition) is 4. The molecule has 4 N–H and O–H groups in total. The van der Waals surface area contributed by atoms with E-state index < -0.39 is 0 Å². The minimum Gasteiger partial charge on any atom is -0.384 e. The fourth-order valence-corrected chi connectivity index (χ4v) is 2.36. The van der Waals surface area contributed by atoms with E-state index in [0.29, 0.717) is 12.4 Å². The van der Waals surface area contributed by atoms with Gasteiger partial charge in [-0.1, -0.05) is 0 Å². The SMILES string of the molecule is Cc1cc(C(=O)NCc2cn[nH]c2N)sc1C. The van der Waals surface area contributed by atoms with Crippen molar-refractivity contribution in [1.82, 2.24) is 15.5 Å². The lowest BCUT2D eigenvalue weighted by atomic mass is 10.2. The number of nitrogens with two attached hydrogens (primary N) is 1. The second kappa shape index (κ2) is 4.58. The highest BCUT2D eigenvalue weighted by atomic mass is 32.1. The summed E-state index contributed by atoms with van der Waals surface area (Å²) in [6.45, 7) is 4.39. The van der Waals surface area contributed by atoms with Gasteiger partial charge in [-0.05, 0) is 25.5 Å². The maximum absolute atomic E-state index is 11.8. The third-order valence-corrected chi connectivity index (χ3v) is 3.73. The molecule has 0 atom stereocenters. The Morgan fingerprint density at radius 3 is 2.88 bits per heavy atom. The largest absolute Gasteiger partial charge is 0.384 e. The van der Waals surface area contributed by atoms with Crippen LogP contribution in [0.3, 0.4) is 0 Å². The number of anilines is 1. The Hall–Kier alpha value is -1.82. The van der Waals surface area contributed by atoms with Crippen molar-refractivity contribution in [3.05, 3.63) is 33.1 Å². The Morgan fingerprint density at radius 2 is 2.35 bits per heavy atom. The van der Waals surface area contributed by atoms with Crippen molar-refractivity contribution in [3.63, 3.8) is 0 Å². The minimum absolute atomic E-state index is 0.0770. The molecule has 2 aromatic rings. The summed E-state index contributed by atoms with van der Waals surface area (Å²) >= 11 is 1.50. The zero-order valence-corrected chi connectivity index (χ0v) is 10.5. The number of nitrogens with one attached hydrogen (secondary N) is 2. The highest BCUT2D eigenvalue weighted by molar-refractivity contribution is 7.14. The fourth-order valence-electron chi connectivity index (χ4n) is 1.41. The van der Waals surface area contributed by atoms with Gasteiger partial charge in [0.05, 0.1) is 11.1 Å². The average molecular weight is 250 g/mol. The third kappa shape index (κ3) is 2.47. The van der Waals surface area contributed by atoms with E-state index in [2.05, 4.69) is 15.5 Å². The molecule has 2 aromatic heterocycles. The Labute approximate surface area is 103 Å². The Morgan fingerprint density at radius 1 is 1.59 bits per heavy atom. The Kier molecular flexibility index (Phi) is 3.14. The van der Waals surface area contributed by atoms with Crippen molar-refractivity contribution in [2.75, 3.05) is 5.73 Å². The summed E-state index contributed by atoms with van der Waals surface area (Å²) in [7, 11) is 0. The van der Waals surface area contributed by atoms with Gasteiger partial charge in [-0.2, -0.15) is 5.10 Å². The van der Waals surface area contributed by atoms with Gasteiger partial charge in [-0.15, -0.1) is 11.3 Å². The number of aryl methyl sites for hydroxylation is 2. The van der Waals surface area contributed by atoms with E-state index in [9.17, 15) is 4.79 Å². The molecule has 0 saturated heterocycles. The van der Waals surface area contributed by atoms with Gasteiger partial charge in [0.1, 0.15) is 5.82 Å². The molecule has 5 nitrogen and oxygen atoms in total. The van der Waals surface area contributed by atoms with Gasteiger partial charge in [-0.3, -0.25) is 9.89 Å². The summed E-state index contributed by atoms with van der Waals surface area (Å²) < 4.78 is 0. The number of rotatable bonds is 3. The number of carbonyl (C=O) groups excluding carboxylic acids is 1. The molecular formula is C11H14N4OS. The highest BCUT2D eigenvalue weighted by Crippen LogP contribution is 2.20. The molecule has 0 fully saturated rings. The van der Waals surface area contributed by atoms with Gasteiger partial charge in [0.25, 0.3) is 5.91 Å². The van der Waals surface area contributed by atoms with E-state index >= 15 is 0 Å². The number of hydrogen-bond donors (Lipinski definition) is 3. The molecule has 0 aliphatic rings. The highest BCUT2D eigenvalue weighted by Gasteiger charge is 2.11. The molecule has 6 heteroatoms. The standard InChI is InChI=1S/C11H14N4OS/c1-6-3-9(17-7(6)2)11(16)13-4-8-5-14-15-10(8)12/h3,5H,4H2,1-2H3,(H,13,16)(H3,12,14,15). The summed E-state index contributed by atoms with van der Waals surface area (Å²) in [5.74, 6) is 0.413. The number of H-pyrrole nitrogens is 1. The Bertz CT molecular complexity index is 524. The summed E-state index contributed by atoms with van der Waals surface area (Å²) in [6, 6.07) is 1.90. The zero-order valence-electron chi connectivity index (χ0n) is 9.70. The monoisotopic (exact) mass is 250 g/mol. The average Bonchev–Trinajstić information content (AvgIpc) is 2.83. The number of aromatic amines is 1. The predicted octanol–water partition coefficient (Wildman–Crippen LogP) is 1.60. The summed E-state index contributed by atoms with van der Waals surface area (Å²) in [5.41, 5.74) is 7.56. The van der Waals surface area contributed by atoms with E-state index in [-0.39, 0.29) is 5.91 Å². The number of thiophene rings is 1. The van der Waals surface area contributed by atoms with Crippen molar-refractivity contribution < 1.29 is 4.79 Å². The number of amides is 1. The molecule has 0 unspecified atom stereocenters. The van der Waals surface area contributed by atoms with E-state index in [1.807, 2.05) is 19.9 Å². The molecule has 0 saturated carbocycles. The number of nitrogen functional groups attached to an aromatic ring is 1. The molecule has 0 bridgehead atoms. The van der Waals surface area contributed by atoms with E-state index in [1.165, 1.54) is 11.3 Å². The van der Waals surface area contributed by atoms with Crippen LogP contribution in [-0.4, -0.2) is 16.1 Å². The van der Waals surface area contributed by atoms with Crippen LogP contribution in [0.1, 0.15) is 25.7 Å². The molecular weight excluding hydrogens is 236 g/mol. The normalized spacial score (nSPS) is 10.5. The van der Waals surface area contributed by atoms with Crippen LogP contribution in [-0.2, 0) is 6.54 Å². The van der Waals surface area contributed by atoms with Crippen molar-refractivity contribution >= 4 is 23.1 Å². The first-order chi connectivity index (χ1) is 8.08. The zero-order chi connectivity index (χ0) is 12.4. The molecule has 90 valence electrons. The number of nitrogens with zero attached hydrogens (tertiary/aromatic N) is 1. The number of carbonyl (C=O) groups is 1. The lowest BCUT2D eigenvalue weighted by Crippen LogP contribution is -2.22. The lowest BCUT2D eigenvalue weighted by Gasteiger charge is -2.01. The van der Waals surface area contributed by atoms with Crippen LogP contribution in [0.4, 0.5) is 5.82 Å². The number of aromatic nitrogens is 2. The van der Waals surface area contributed by atoms with Crippen LogP contribution in [0.2, 0.25) is 0 Å². The van der Waals surface area contributed by atoms with Gasteiger partial charge in [0, 0.05) is 17.0 Å². The second-order valence-corrected chi connectivity index (χ2v) is 5.10. The maximum Gasteiger partial charge on any atom is 0.261 e. The van der Waals surface area contributed by atoms with Crippen LogP contribution in [0.5, 0.6) is 0 Å².